The first kappa shape index (κ1) is 16.6. The van der Waals surface area contributed by atoms with Crippen molar-refractivity contribution in [2.45, 2.75) is 31.8 Å². The molecule has 0 radical (unpaired) electrons. The van der Waals surface area contributed by atoms with Crippen LogP contribution in [-0.4, -0.2) is 11.6 Å². The van der Waals surface area contributed by atoms with Crippen LogP contribution in [0.2, 0.25) is 5.02 Å². The molecule has 2 aromatic carbocycles. The van der Waals surface area contributed by atoms with Crippen LogP contribution in [0.1, 0.15) is 35.8 Å². The van der Waals surface area contributed by atoms with Gasteiger partial charge in [-0.2, -0.15) is 0 Å². The summed E-state index contributed by atoms with van der Waals surface area (Å²) in [6.45, 7) is 0.587. The molecule has 1 unspecified atom stereocenters. The second-order valence-electron chi connectivity index (χ2n) is 6.46. The minimum Gasteiger partial charge on any atom is -0.372 e. The first-order chi connectivity index (χ1) is 12.1. The number of aromatic nitrogens is 1. The molecule has 2 nitrogen and oxygen atoms in total. The number of H-pyrrole nitrogens is 1. The molecule has 0 saturated heterocycles. The molecule has 5 heteroatoms. The van der Waals surface area contributed by atoms with Gasteiger partial charge in [0, 0.05) is 27.7 Å². The van der Waals surface area contributed by atoms with Gasteiger partial charge in [0.1, 0.15) is 0 Å². The molecular formula is C20H18ClF2NO. The van der Waals surface area contributed by atoms with Crippen molar-refractivity contribution >= 4 is 22.5 Å². The highest BCUT2D eigenvalue weighted by molar-refractivity contribution is 6.30. The van der Waals surface area contributed by atoms with Gasteiger partial charge in [-0.3, -0.25) is 0 Å². The molecule has 25 heavy (non-hydrogen) atoms. The molecule has 0 amide bonds. The Hall–Kier alpha value is -1.91. The van der Waals surface area contributed by atoms with Gasteiger partial charge in [-0.25, -0.2) is 8.78 Å². The SMILES string of the molecule is Fc1cc2[nH]c3c(c2cc1F)CCCC3OCCc1ccc(Cl)cc1. The molecule has 1 N–H and O–H groups in total. The van der Waals surface area contributed by atoms with Crippen molar-refractivity contribution < 1.29 is 13.5 Å². The van der Waals surface area contributed by atoms with Gasteiger partial charge in [0.2, 0.25) is 0 Å². The molecule has 130 valence electrons. The third kappa shape index (κ3) is 3.29. The smallest absolute Gasteiger partial charge is 0.160 e. The van der Waals surface area contributed by atoms with Gasteiger partial charge >= 0.3 is 0 Å². The summed E-state index contributed by atoms with van der Waals surface area (Å²) in [7, 11) is 0. The van der Waals surface area contributed by atoms with Crippen molar-refractivity contribution in [3.8, 4) is 0 Å². The number of benzene rings is 2. The third-order valence-corrected chi connectivity index (χ3v) is 5.07. The van der Waals surface area contributed by atoms with E-state index in [4.69, 9.17) is 16.3 Å². The van der Waals surface area contributed by atoms with Crippen molar-refractivity contribution in [1.29, 1.82) is 0 Å². The normalized spacial score (nSPS) is 17.0. The summed E-state index contributed by atoms with van der Waals surface area (Å²) in [5.74, 6) is -1.63. The molecule has 1 aromatic heterocycles. The predicted molar refractivity (Wildman–Crippen MR) is 95.0 cm³/mol. The number of aryl methyl sites for hydroxylation is 1. The van der Waals surface area contributed by atoms with Crippen LogP contribution in [-0.2, 0) is 17.6 Å². The third-order valence-electron chi connectivity index (χ3n) is 4.82. The molecule has 1 heterocycles. The highest BCUT2D eigenvalue weighted by atomic mass is 35.5. The minimum atomic E-state index is -0.827. The fourth-order valence-electron chi connectivity index (χ4n) is 3.56. The van der Waals surface area contributed by atoms with Crippen LogP contribution in [0.5, 0.6) is 0 Å². The molecule has 0 bridgehead atoms. The zero-order chi connectivity index (χ0) is 17.4. The number of aromatic amines is 1. The van der Waals surface area contributed by atoms with Crippen LogP contribution >= 0.6 is 11.6 Å². The number of hydrogen-bond acceptors (Lipinski definition) is 1. The summed E-state index contributed by atoms with van der Waals surface area (Å²) >= 11 is 5.90. The largest absolute Gasteiger partial charge is 0.372 e. The quantitative estimate of drug-likeness (QED) is 0.630. The first-order valence-electron chi connectivity index (χ1n) is 8.47. The van der Waals surface area contributed by atoms with Gasteiger partial charge in [-0.05, 0) is 55.0 Å². The molecule has 1 aliphatic carbocycles. The van der Waals surface area contributed by atoms with E-state index < -0.39 is 11.6 Å². The Morgan fingerprint density at radius 2 is 1.88 bits per heavy atom. The lowest BCUT2D eigenvalue weighted by Gasteiger charge is -2.23. The molecule has 1 atom stereocenters. The first-order valence-corrected chi connectivity index (χ1v) is 8.85. The summed E-state index contributed by atoms with van der Waals surface area (Å²) < 4.78 is 33.2. The van der Waals surface area contributed by atoms with Crippen LogP contribution in [0, 0.1) is 11.6 Å². The fourth-order valence-corrected chi connectivity index (χ4v) is 3.68. The van der Waals surface area contributed by atoms with Gasteiger partial charge in [-0.15, -0.1) is 0 Å². The minimum absolute atomic E-state index is 0.0606. The van der Waals surface area contributed by atoms with Crippen LogP contribution in [0.15, 0.2) is 36.4 Å². The van der Waals surface area contributed by atoms with E-state index in [0.717, 1.165) is 47.3 Å². The summed E-state index contributed by atoms with van der Waals surface area (Å²) in [6.07, 6.45) is 3.48. The van der Waals surface area contributed by atoms with E-state index in [1.165, 1.54) is 17.7 Å². The number of ether oxygens (including phenoxy) is 1. The number of nitrogens with one attached hydrogen (secondary N) is 1. The zero-order valence-electron chi connectivity index (χ0n) is 13.6. The Bertz CT molecular complexity index is 904. The van der Waals surface area contributed by atoms with Crippen molar-refractivity contribution in [3.05, 3.63) is 69.9 Å². The highest BCUT2D eigenvalue weighted by Gasteiger charge is 2.25. The number of fused-ring (bicyclic) bond motifs is 3. The van der Waals surface area contributed by atoms with E-state index in [2.05, 4.69) is 4.98 Å². The van der Waals surface area contributed by atoms with Crippen molar-refractivity contribution in [2.75, 3.05) is 6.61 Å². The molecule has 0 saturated carbocycles. The Balaban J connectivity index is 1.52. The van der Waals surface area contributed by atoms with Gasteiger partial charge in [0.05, 0.1) is 12.7 Å². The molecule has 0 spiro atoms. The van der Waals surface area contributed by atoms with Crippen LogP contribution in [0.4, 0.5) is 8.78 Å². The topological polar surface area (TPSA) is 25.0 Å². The molecule has 1 aliphatic rings. The van der Waals surface area contributed by atoms with Gasteiger partial charge in [0.25, 0.3) is 0 Å². The molecule has 0 aliphatic heterocycles. The fraction of sp³-hybridized carbons (Fsp3) is 0.300. The van der Waals surface area contributed by atoms with E-state index in [-0.39, 0.29) is 6.10 Å². The van der Waals surface area contributed by atoms with Crippen LogP contribution in [0.25, 0.3) is 10.9 Å². The van der Waals surface area contributed by atoms with Crippen molar-refractivity contribution in [1.82, 2.24) is 4.98 Å². The van der Waals surface area contributed by atoms with E-state index in [9.17, 15) is 8.78 Å². The molecular weight excluding hydrogens is 344 g/mol. The van der Waals surface area contributed by atoms with Crippen LogP contribution < -0.4 is 0 Å². The average Bonchev–Trinajstić information content (AvgIpc) is 2.95. The van der Waals surface area contributed by atoms with Crippen molar-refractivity contribution in [2.24, 2.45) is 0 Å². The summed E-state index contributed by atoms with van der Waals surface area (Å²) in [5, 5.41) is 1.49. The zero-order valence-corrected chi connectivity index (χ0v) is 14.4. The van der Waals surface area contributed by atoms with Gasteiger partial charge in [0.15, 0.2) is 11.6 Å². The monoisotopic (exact) mass is 361 g/mol. The highest BCUT2D eigenvalue weighted by Crippen LogP contribution is 2.37. The predicted octanol–water partition coefficient (Wildman–Crippen LogP) is 5.74. The van der Waals surface area contributed by atoms with Crippen LogP contribution in [0.3, 0.4) is 0 Å². The van der Waals surface area contributed by atoms with Crippen molar-refractivity contribution in [3.63, 3.8) is 0 Å². The van der Waals surface area contributed by atoms with E-state index >= 15 is 0 Å². The molecule has 4 rings (SSSR count). The lowest BCUT2D eigenvalue weighted by Crippen LogP contribution is -2.14. The maximum Gasteiger partial charge on any atom is 0.160 e. The van der Waals surface area contributed by atoms with E-state index in [0.29, 0.717) is 12.1 Å². The van der Waals surface area contributed by atoms with E-state index in [1.54, 1.807) is 0 Å². The Morgan fingerprint density at radius 1 is 1.12 bits per heavy atom. The Morgan fingerprint density at radius 3 is 2.68 bits per heavy atom. The lowest BCUT2D eigenvalue weighted by atomic mass is 9.93. The second kappa shape index (κ2) is 6.77. The molecule has 0 fully saturated rings. The second-order valence-corrected chi connectivity index (χ2v) is 6.89. The summed E-state index contributed by atoms with van der Waals surface area (Å²) in [5.41, 5.74) is 3.82. The summed E-state index contributed by atoms with van der Waals surface area (Å²) in [4.78, 5) is 3.24. The maximum absolute atomic E-state index is 13.6. The Kier molecular flexibility index (Phi) is 4.48. The number of rotatable bonds is 4. The lowest BCUT2D eigenvalue weighted by molar-refractivity contribution is 0.0404. The standard InChI is InChI=1S/C20H18ClF2NO/c21-13-6-4-12(5-7-13)8-9-25-19-3-1-2-14-15-10-16(22)17(23)11-18(15)24-20(14)19/h4-7,10-11,19,24H,1-3,8-9H2. The summed E-state index contributed by atoms with van der Waals surface area (Å²) in [6, 6.07) is 10.2. The maximum atomic E-state index is 13.6. The molecule has 3 aromatic rings. The number of hydrogen-bond donors (Lipinski definition) is 1. The Labute approximate surface area is 149 Å². The van der Waals surface area contributed by atoms with E-state index in [1.807, 2.05) is 24.3 Å². The van der Waals surface area contributed by atoms with Gasteiger partial charge < -0.3 is 9.72 Å². The number of halogens is 3. The van der Waals surface area contributed by atoms with Gasteiger partial charge in [-0.1, -0.05) is 23.7 Å². The average molecular weight is 362 g/mol.